The zero-order chi connectivity index (χ0) is 11.5. The van der Waals surface area contributed by atoms with Crippen LogP contribution in [0.1, 0.15) is 43.4 Å². The average Bonchev–Trinajstić information content (AvgIpc) is 2.99. The molecule has 1 unspecified atom stereocenters. The SMILES string of the molecule is CCN(CC1CC1)C(C)c1nc(CCl)cs1. The molecule has 1 aliphatic carbocycles. The summed E-state index contributed by atoms with van der Waals surface area (Å²) in [5.41, 5.74) is 1.01. The molecule has 0 spiro atoms. The summed E-state index contributed by atoms with van der Waals surface area (Å²) in [4.78, 5) is 7.09. The molecule has 0 bridgehead atoms. The second-order valence-electron chi connectivity index (χ2n) is 4.52. The molecule has 0 radical (unpaired) electrons. The third kappa shape index (κ3) is 2.96. The first kappa shape index (κ1) is 12.3. The van der Waals surface area contributed by atoms with Gasteiger partial charge in [-0.3, -0.25) is 4.90 Å². The Morgan fingerprint density at radius 1 is 1.62 bits per heavy atom. The molecule has 1 fully saturated rings. The molecule has 1 atom stereocenters. The Bertz CT molecular complexity index is 336. The Labute approximate surface area is 107 Å². The van der Waals surface area contributed by atoms with Crippen LogP contribution in [0.2, 0.25) is 0 Å². The Morgan fingerprint density at radius 2 is 2.38 bits per heavy atom. The summed E-state index contributed by atoms with van der Waals surface area (Å²) >= 11 is 7.52. The largest absolute Gasteiger partial charge is 0.294 e. The summed E-state index contributed by atoms with van der Waals surface area (Å²) in [6.45, 7) is 6.82. The van der Waals surface area contributed by atoms with E-state index >= 15 is 0 Å². The van der Waals surface area contributed by atoms with E-state index in [4.69, 9.17) is 11.6 Å². The molecular formula is C12H19ClN2S. The molecule has 2 rings (SSSR count). The molecule has 16 heavy (non-hydrogen) atoms. The van der Waals surface area contributed by atoms with Crippen molar-refractivity contribution < 1.29 is 0 Å². The Hall–Kier alpha value is -0.120. The van der Waals surface area contributed by atoms with Crippen molar-refractivity contribution in [1.82, 2.24) is 9.88 Å². The fraction of sp³-hybridized carbons (Fsp3) is 0.750. The molecule has 0 aromatic carbocycles. The van der Waals surface area contributed by atoms with E-state index in [1.54, 1.807) is 11.3 Å². The highest BCUT2D eigenvalue weighted by molar-refractivity contribution is 7.09. The van der Waals surface area contributed by atoms with Crippen molar-refractivity contribution in [2.24, 2.45) is 5.92 Å². The minimum atomic E-state index is 0.438. The summed E-state index contributed by atoms with van der Waals surface area (Å²) in [6, 6.07) is 0.438. The molecule has 0 amide bonds. The van der Waals surface area contributed by atoms with E-state index in [0.717, 1.165) is 18.2 Å². The van der Waals surface area contributed by atoms with Gasteiger partial charge in [0.1, 0.15) is 5.01 Å². The first-order valence-corrected chi connectivity index (χ1v) is 7.40. The van der Waals surface area contributed by atoms with Gasteiger partial charge in [0.2, 0.25) is 0 Å². The van der Waals surface area contributed by atoms with Gasteiger partial charge in [0, 0.05) is 11.9 Å². The fourth-order valence-electron chi connectivity index (χ4n) is 1.93. The van der Waals surface area contributed by atoms with E-state index in [-0.39, 0.29) is 0 Å². The van der Waals surface area contributed by atoms with Gasteiger partial charge in [-0.25, -0.2) is 4.98 Å². The van der Waals surface area contributed by atoms with E-state index in [1.165, 1.54) is 24.4 Å². The van der Waals surface area contributed by atoms with E-state index < -0.39 is 0 Å². The second-order valence-corrected chi connectivity index (χ2v) is 5.67. The molecule has 0 N–H and O–H groups in total. The molecular weight excluding hydrogens is 240 g/mol. The van der Waals surface area contributed by atoms with Gasteiger partial charge in [-0.05, 0) is 32.2 Å². The first-order valence-electron chi connectivity index (χ1n) is 5.99. The molecule has 1 saturated carbocycles. The molecule has 0 saturated heterocycles. The number of thiazole rings is 1. The van der Waals surface area contributed by atoms with Crippen molar-refractivity contribution in [2.75, 3.05) is 13.1 Å². The minimum Gasteiger partial charge on any atom is -0.294 e. The van der Waals surface area contributed by atoms with Crippen LogP contribution in [0.4, 0.5) is 0 Å². The summed E-state index contributed by atoms with van der Waals surface area (Å²) in [5, 5.41) is 3.28. The molecule has 0 aliphatic heterocycles. The number of hydrogen-bond acceptors (Lipinski definition) is 3. The molecule has 1 aromatic rings. The van der Waals surface area contributed by atoms with Crippen LogP contribution in [-0.2, 0) is 5.88 Å². The lowest BCUT2D eigenvalue weighted by Crippen LogP contribution is -2.28. The van der Waals surface area contributed by atoms with E-state index in [0.29, 0.717) is 11.9 Å². The maximum Gasteiger partial charge on any atom is 0.110 e. The zero-order valence-corrected chi connectivity index (χ0v) is 11.5. The van der Waals surface area contributed by atoms with Crippen LogP contribution in [0, 0.1) is 5.92 Å². The van der Waals surface area contributed by atoms with Crippen LogP contribution >= 0.6 is 22.9 Å². The number of halogens is 1. The lowest BCUT2D eigenvalue weighted by molar-refractivity contribution is 0.212. The third-order valence-corrected chi connectivity index (χ3v) is 4.54. The Kier molecular flexibility index (Phi) is 4.22. The highest BCUT2D eigenvalue weighted by Gasteiger charge is 2.27. The number of rotatable bonds is 6. The first-order chi connectivity index (χ1) is 7.74. The molecule has 1 aromatic heterocycles. The van der Waals surface area contributed by atoms with E-state index in [9.17, 15) is 0 Å². The maximum absolute atomic E-state index is 5.78. The Morgan fingerprint density at radius 3 is 2.88 bits per heavy atom. The quantitative estimate of drug-likeness (QED) is 0.724. The van der Waals surface area contributed by atoms with E-state index in [1.807, 2.05) is 0 Å². The van der Waals surface area contributed by atoms with Gasteiger partial charge in [0.05, 0.1) is 17.6 Å². The highest BCUT2D eigenvalue weighted by atomic mass is 35.5. The predicted molar refractivity (Wildman–Crippen MR) is 70.1 cm³/mol. The van der Waals surface area contributed by atoms with Crippen molar-refractivity contribution in [3.05, 3.63) is 16.1 Å². The Balaban J connectivity index is 1.99. The molecule has 2 nitrogen and oxygen atoms in total. The number of nitrogens with zero attached hydrogens (tertiary/aromatic N) is 2. The molecule has 90 valence electrons. The minimum absolute atomic E-state index is 0.438. The monoisotopic (exact) mass is 258 g/mol. The van der Waals surface area contributed by atoms with Crippen molar-refractivity contribution in [2.45, 2.75) is 38.6 Å². The summed E-state index contributed by atoms with van der Waals surface area (Å²) in [7, 11) is 0. The van der Waals surface area contributed by atoms with Crippen LogP contribution < -0.4 is 0 Å². The second kappa shape index (κ2) is 5.48. The number of aromatic nitrogens is 1. The summed E-state index contributed by atoms with van der Waals surface area (Å²) in [5.74, 6) is 1.47. The lowest BCUT2D eigenvalue weighted by Gasteiger charge is -2.26. The van der Waals surface area contributed by atoms with Crippen molar-refractivity contribution >= 4 is 22.9 Å². The van der Waals surface area contributed by atoms with Crippen molar-refractivity contribution in [1.29, 1.82) is 0 Å². The number of alkyl halides is 1. The smallest absolute Gasteiger partial charge is 0.110 e. The summed E-state index contributed by atoms with van der Waals surface area (Å²) in [6.07, 6.45) is 2.82. The van der Waals surface area contributed by atoms with Gasteiger partial charge >= 0.3 is 0 Å². The number of hydrogen-bond donors (Lipinski definition) is 0. The predicted octanol–water partition coefficient (Wildman–Crippen LogP) is 3.67. The average molecular weight is 259 g/mol. The van der Waals surface area contributed by atoms with Gasteiger partial charge < -0.3 is 0 Å². The van der Waals surface area contributed by atoms with Crippen LogP contribution in [0.15, 0.2) is 5.38 Å². The molecule has 4 heteroatoms. The highest BCUT2D eigenvalue weighted by Crippen LogP contribution is 2.33. The van der Waals surface area contributed by atoms with Crippen LogP contribution in [0.5, 0.6) is 0 Å². The normalized spacial score (nSPS) is 18.0. The van der Waals surface area contributed by atoms with Gasteiger partial charge in [0.15, 0.2) is 0 Å². The topological polar surface area (TPSA) is 16.1 Å². The summed E-state index contributed by atoms with van der Waals surface area (Å²) < 4.78 is 0. The third-order valence-electron chi connectivity index (χ3n) is 3.21. The van der Waals surface area contributed by atoms with Crippen LogP contribution in [0.3, 0.4) is 0 Å². The van der Waals surface area contributed by atoms with Crippen molar-refractivity contribution in [3.63, 3.8) is 0 Å². The van der Waals surface area contributed by atoms with Gasteiger partial charge in [-0.2, -0.15) is 0 Å². The van der Waals surface area contributed by atoms with E-state index in [2.05, 4.69) is 29.1 Å². The molecule has 1 aliphatic rings. The van der Waals surface area contributed by atoms with Gasteiger partial charge in [-0.1, -0.05) is 6.92 Å². The zero-order valence-electron chi connectivity index (χ0n) is 9.95. The maximum atomic E-state index is 5.78. The van der Waals surface area contributed by atoms with Gasteiger partial charge in [-0.15, -0.1) is 22.9 Å². The van der Waals surface area contributed by atoms with Crippen LogP contribution in [-0.4, -0.2) is 23.0 Å². The van der Waals surface area contributed by atoms with Crippen LogP contribution in [0.25, 0.3) is 0 Å². The lowest BCUT2D eigenvalue weighted by atomic mass is 10.2. The standard InChI is InChI=1S/C12H19ClN2S/c1-3-15(7-10-4-5-10)9(2)12-14-11(6-13)8-16-12/h8-10H,3-7H2,1-2H3. The van der Waals surface area contributed by atoms with Gasteiger partial charge in [0.25, 0.3) is 0 Å². The van der Waals surface area contributed by atoms with Crippen molar-refractivity contribution in [3.8, 4) is 0 Å². The fourth-order valence-corrected chi connectivity index (χ4v) is 3.06. The molecule has 1 heterocycles.